The van der Waals surface area contributed by atoms with E-state index in [1.807, 2.05) is 36.4 Å². The molecule has 0 radical (unpaired) electrons. The summed E-state index contributed by atoms with van der Waals surface area (Å²) in [5, 5.41) is 8.92. The third-order valence-corrected chi connectivity index (χ3v) is 4.45. The lowest BCUT2D eigenvalue weighted by Gasteiger charge is -2.15. The molecule has 7 heteroatoms. The molecule has 4 aromatic rings. The van der Waals surface area contributed by atoms with Gasteiger partial charge in [0.05, 0.1) is 5.69 Å². The Balaban J connectivity index is 1.66. The van der Waals surface area contributed by atoms with Crippen LogP contribution >= 0.6 is 0 Å². The zero-order chi connectivity index (χ0) is 20.9. The summed E-state index contributed by atoms with van der Waals surface area (Å²) in [6.45, 7) is 0.439. The Labute approximate surface area is 171 Å². The Hall–Kier alpha value is -4.13. The number of hydrogen-bond acceptors (Lipinski definition) is 4. The number of hydrogen-bond donors (Lipinski definition) is 3. The topological polar surface area (TPSA) is 83.4 Å². The number of amides is 2. The number of para-hydroxylation sites is 1. The molecule has 0 atom stereocenters. The lowest BCUT2D eigenvalue weighted by molar-refractivity contribution is 0.262. The van der Waals surface area contributed by atoms with E-state index in [0.29, 0.717) is 23.2 Å². The van der Waals surface area contributed by atoms with Crippen molar-refractivity contribution in [3.8, 4) is 0 Å². The van der Waals surface area contributed by atoms with E-state index in [2.05, 4.69) is 16.0 Å². The average molecular weight is 403 g/mol. The number of benzene rings is 3. The highest BCUT2D eigenvalue weighted by atomic mass is 19.1. The summed E-state index contributed by atoms with van der Waals surface area (Å²) in [4.78, 5) is 25.1. The minimum Gasteiger partial charge on any atom is -0.421 e. The fraction of sp³-hybridized carbons (Fsp3) is 0.0435. The number of fused-ring (bicyclic) bond motifs is 1. The minimum atomic E-state index is -0.696. The van der Waals surface area contributed by atoms with Gasteiger partial charge in [0.15, 0.2) is 5.69 Å². The first kappa shape index (κ1) is 19.2. The van der Waals surface area contributed by atoms with Crippen molar-refractivity contribution in [1.29, 1.82) is 0 Å². The number of urea groups is 1. The molecule has 150 valence electrons. The predicted octanol–water partition coefficient (Wildman–Crippen LogP) is 5.19. The fourth-order valence-electron chi connectivity index (χ4n) is 3.08. The maximum atomic E-state index is 13.4. The summed E-state index contributed by atoms with van der Waals surface area (Å²) in [6, 6.07) is 21.5. The van der Waals surface area contributed by atoms with Crippen LogP contribution in [-0.2, 0) is 6.54 Å². The molecule has 0 saturated carbocycles. The van der Waals surface area contributed by atoms with Crippen molar-refractivity contribution >= 4 is 34.1 Å². The van der Waals surface area contributed by atoms with Crippen molar-refractivity contribution in [2.75, 3.05) is 16.0 Å². The third kappa shape index (κ3) is 4.30. The quantitative estimate of drug-likeness (QED) is 0.401. The SMILES string of the molecule is O=C(Nc1cccc(F)c1)Nc1c(NCc2ccccc2)c2ccccc2oc1=O. The van der Waals surface area contributed by atoms with Gasteiger partial charge in [-0.25, -0.2) is 14.0 Å². The molecule has 0 aliphatic heterocycles. The lowest BCUT2D eigenvalue weighted by Crippen LogP contribution is -2.24. The molecule has 0 aliphatic carbocycles. The van der Waals surface area contributed by atoms with Gasteiger partial charge in [-0.1, -0.05) is 48.5 Å². The largest absolute Gasteiger partial charge is 0.421 e. The molecule has 2 amide bonds. The van der Waals surface area contributed by atoms with E-state index < -0.39 is 17.5 Å². The number of anilines is 3. The molecule has 4 rings (SSSR count). The van der Waals surface area contributed by atoms with Gasteiger partial charge in [-0.15, -0.1) is 0 Å². The third-order valence-electron chi connectivity index (χ3n) is 4.45. The molecule has 30 heavy (non-hydrogen) atoms. The van der Waals surface area contributed by atoms with Gasteiger partial charge in [-0.3, -0.25) is 5.32 Å². The summed E-state index contributed by atoms with van der Waals surface area (Å²) in [5.74, 6) is -0.483. The Bertz CT molecular complexity index is 1260. The maximum Gasteiger partial charge on any atom is 0.362 e. The van der Waals surface area contributed by atoms with Gasteiger partial charge in [0.1, 0.15) is 11.4 Å². The van der Waals surface area contributed by atoms with E-state index in [4.69, 9.17) is 4.42 Å². The van der Waals surface area contributed by atoms with Gasteiger partial charge in [0.2, 0.25) is 0 Å². The summed E-state index contributed by atoms with van der Waals surface area (Å²) in [6.07, 6.45) is 0. The molecule has 0 aliphatic rings. The van der Waals surface area contributed by atoms with Gasteiger partial charge >= 0.3 is 11.7 Å². The van der Waals surface area contributed by atoms with Crippen LogP contribution in [0.25, 0.3) is 11.0 Å². The van der Waals surface area contributed by atoms with Crippen molar-refractivity contribution in [2.24, 2.45) is 0 Å². The van der Waals surface area contributed by atoms with Crippen molar-refractivity contribution in [1.82, 2.24) is 0 Å². The van der Waals surface area contributed by atoms with Gasteiger partial charge in [0, 0.05) is 17.6 Å². The monoisotopic (exact) mass is 403 g/mol. The number of carbonyl (C=O) groups excluding carboxylic acids is 1. The first-order chi connectivity index (χ1) is 14.6. The predicted molar refractivity (Wildman–Crippen MR) is 115 cm³/mol. The zero-order valence-corrected chi connectivity index (χ0v) is 15.8. The summed E-state index contributed by atoms with van der Waals surface area (Å²) in [7, 11) is 0. The van der Waals surface area contributed by atoms with Gasteiger partial charge in [0.25, 0.3) is 0 Å². The molecule has 0 saturated heterocycles. The molecular weight excluding hydrogens is 385 g/mol. The van der Waals surface area contributed by atoms with E-state index in [0.717, 1.165) is 5.56 Å². The van der Waals surface area contributed by atoms with Crippen LogP contribution in [0.4, 0.5) is 26.2 Å². The number of halogens is 1. The van der Waals surface area contributed by atoms with Crippen molar-refractivity contribution in [3.05, 3.63) is 101 Å². The van der Waals surface area contributed by atoms with Crippen LogP contribution in [0.15, 0.2) is 88.1 Å². The second-order valence-corrected chi connectivity index (χ2v) is 6.56. The molecule has 3 N–H and O–H groups in total. The lowest BCUT2D eigenvalue weighted by atomic mass is 10.1. The summed E-state index contributed by atoms with van der Waals surface area (Å²) in [5.41, 5.74) is 1.38. The van der Waals surface area contributed by atoms with Crippen LogP contribution in [0.2, 0.25) is 0 Å². The molecular formula is C23H18FN3O3. The maximum absolute atomic E-state index is 13.4. The molecule has 0 bridgehead atoms. The normalized spacial score (nSPS) is 10.6. The first-order valence-corrected chi connectivity index (χ1v) is 9.27. The van der Waals surface area contributed by atoms with Crippen LogP contribution in [-0.4, -0.2) is 6.03 Å². The van der Waals surface area contributed by atoms with E-state index in [1.165, 1.54) is 18.2 Å². The molecule has 3 aromatic carbocycles. The van der Waals surface area contributed by atoms with Gasteiger partial charge in [-0.05, 0) is 35.9 Å². The molecule has 1 heterocycles. The number of nitrogens with one attached hydrogen (secondary N) is 3. The van der Waals surface area contributed by atoms with E-state index in [-0.39, 0.29) is 11.4 Å². The summed E-state index contributed by atoms with van der Waals surface area (Å²) >= 11 is 0. The van der Waals surface area contributed by atoms with Crippen molar-refractivity contribution in [2.45, 2.75) is 6.54 Å². The molecule has 1 aromatic heterocycles. The van der Waals surface area contributed by atoms with Gasteiger partial charge < -0.3 is 15.1 Å². The van der Waals surface area contributed by atoms with Crippen LogP contribution in [0, 0.1) is 5.82 Å². The Morgan fingerprint density at radius 3 is 2.43 bits per heavy atom. The fourth-order valence-corrected chi connectivity index (χ4v) is 3.08. The van der Waals surface area contributed by atoms with E-state index in [1.54, 1.807) is 24.3 Å². The highest BCUT2D eigenvalue weighted by Crippen LogP contribution is 2.29. The summed E-state index contributed by atoms with van der Waals surface area (Å²) < 4.78 is 18.7. The molecule has 0 fully saturated rings. The van der Waals surface area contributed by atoms with Crippen LogP contribution in [0.1, 0.15) is 5.56 Å². The standard InChI is InChI=1S/C23H18FN3O3/c24-16-9-6-10-17(13-16)26-23(29)27-21-20(25-14-15-7-2-1-3-8-15)18-11-4-5-12-19(18)30-22(21)28/h1-13,25H,14H2,(H2,26,27,29). The Kier molecular flexibility index (Phi) is 5.43. The highest BCUT2D eigenvalue weighted by Gasteiger charge is 2.17. The van der Waals surface area contributed by atoms with E-state index >= 15 is 0 Å². The molecule has 0 unspecified atom stereocenters. The smallest absolute Gasteiger partial charge is 0.362 e. The molecule has 6 nitrogen and oxygen atoms in total. The molecule has 0 spiro atoms. The average Bonchev–Trinajstić information content (AvgIpc) is 2.74. The number of rotatable bonds is 5. The first-order valence-electron chi connectivity index (χ1n) is 9.27. The Morgan fingerprint density at radius 2 is 1.63 bits per heavy atom. The zero-order valence-electron chi connectivity index (χ0n) is 15.8. The Morgan fingerprint density at radius 1 is 0.867 bits per heavy atom. The second kappa shape index (κ2) is 8.48. The second-order valence-electron chi connectivity index (χ2n) is 6.56. The van der Waals surface area contributed by atoms with Crippen LogP contribution in [0.3, 0.4) is 0 Å². The minimum absolute atomic E-state index is 0.0291. The van der Waals surface area contributed by atoms with Gasteiger partial charge in [-0.2, -0.15) is 0 Å². The number of carbonyl (C=O) groups is 1. The van der Waals surface area contributed by atoms with Crippen molar-refractivity contribution in [3.63, 3.8) is 0 Å². The van der Waals surface area contributed by atoms with E-state index in [9.17, 15) is 14.0 Å². The van der Waals surface area contributed by atoms with Crippen LogP contribution in [0.5, 0.6) is 0 Å². The van der Waals surface area contributed by atoms with Crippen LogP contribution < -0.4 is 21.6 Å². The highest BCUT2D eigenvalue weighted by molar-refractivity contribution is 6.05. The van der Waals surface area contributed by atoms with Crippen molar-refractivity contribution < 1.29 is 13.6 Å².